The van der Waals surface area contributed by atoms with Crippen molar-refractivity contribution >= 4 is 16.5 Å². The number of aromatic nitrogens is 1. The molecule has 2 rings (SSSR count). The Morgan fingerprint density at radius 2 is 1.85 bits per heavy atom. The van der Waals surface area contributed by atoms with E-state index in [9.17, 15) is 18.3 Å². The van der Waals surface area contributed by atoms with Crippen molar-refractivity contribution in [1.82, 2.24) is 9.88 Å². The third kappa shape index (κ3) is 4.07. The second-order valence-corrected chi connectivity index (χ2v) is 6.59. The highest BCUT2D eigenvalue weighted by Crippen LogP contribution is 2.36. The summed E-state index contributed by atoms with van der Waals surface area (Å²) in [5, 5.41) is 10.2. The van der Waals surface area contributed by atoms with Gasteiger partial charge < -0.3 is 10.0 Å². The second-order valence-electron chi connectivity index (χ2n) is 5.58. The molecule has 1 aliphatic rings. The summed E-state index contributed by atoms with van der Waals surface area (Å²) in [5.41, 5.74) is -0.757. The molecule has 2 heterocycles. The minimum atomic E-state index is -4.32. The van der Waals surface area contributed by atoms with E-state index in [-0.39, 0.29) is 0 Å². The third-order valence-electron chi connectivity index (χ3n) is 3.03. The van der Waals surface area contributed by atoms with E-state index in [0.717, 1.165) is 6.20 Å². The van der Waals surface area contributed by atoms with Gasteiger partial charge in [-0.15, -0.1) is 0 Å². The molecule has 114 valence electrons. The first-order valence-corrected chi connectivity index (χ1v) is 7.19. The molecule has 0 amide bonds. The zero-order valence-electron chi connectivity index (χ0n) is 11.4. The molecule has 0 atom stereocenters. The van der Waals surface area contributed by atoms with Crippen LogP contribution in [0.15, 0.2) is 6.20 Å². The Bertz CT molecular complexity index is 448. The van der Waals surface area contributed by atoms with Crippen molar-refractivity contribution in [3.8, 4) is 0 Å². The third-order valence-corrected chi connectivity index (χ3v) is 4.13. The molecule has 0 aliphatic carbocycles. The highest BCUT2D eigenvalue weighted by Gasteiger charge is 2.34. The van der Waals surface area contributed by atoms with E-state index in [2.05, 4.69) is 9.88 Å². The van der Waals surface area contributed by atoms with Crippen LogP contribution in [0.4, 0.5) is 18.3 Å². The molecule has 0 spiro atoms. The number of rotatable bonds is 3. The van der Waals surface area contributed by atoms with Crippen LogP contribution in [0, 0.1) is 0 Å². The lowest BCUT2D eigenvalue weighted by Gasteiger charge is -2.37. The van der Waals surface area contributed by atoms with Gasteiger partial charge in [-0.2, -0.15) is 13.2 Å². The fourth-order valence-corrected chi connectivity index (χ4v) is 3.02. The molecule has 1 aliphatic heterocycles. The molecule has 20 heavy (non-hydrogen) atoms. The fraction of sp³-hybridized carbons (Fsp3) is 0.750. The number of hydrogen-bond donors (Lipinski definition) is 1. The zero-order valence-corrected chi connectivity index (χ0v) is 12.3. The van der Waals surface area contributed by atoms with Crippen molar-refractivity contribution < 1.29 is 18.3 Å². The van der Waals surface area contributed by atoms with E-state index < -0.39 is 16.7 Å². The van der Waals surface area contributed by atoms with Crippen molar-refractivity contribution in [3.63, 3.8) is 0 Å². The minimum Gasteiger partial charge on any atom is -0.389 e. The van der Waals surface area contributed by atoms with Gasteiger partial charge in [0.25, 0.3) is 0 Å². The van der Waals surface area contributed by atoms with Gasteiger partial charge in [0.1, 0.15) is 4.88 Å². The van der Waals surface area contributed by atoms with Gasteiger partial charge in [-0.1, -0.05) is 11.3 Å². The number of aliphatic hydroxyl groups is 1. The Balaban J connectivity index is 1.92. The summed E-state index contributed by atoms with van der Waals surface area (Å²) in [6.45, 7) is 6.73. The molecule has 0 bridgehead atoms. The maximum absolute atomic E-state index is 12.5. The molecule has 1 saturated heterocycles. The van der Waals surface area contributed by atoms with Crippen LogP contribution in [0.5, 0.6) is 0 Å². The number of anilines is 1. The summed E-state index contributed by atoms with van der Waals surface area (Å²) in [5.74, 6) is 0. The van der Waals surface area contributed by atoms with E-state index in [0.29, 0.717) is 49.2 Å². The first-order valence-electron chi connectivity index (χ1n) is 6.38. The molecule has 0 unspecified atom stereocenters. The normalized spacial score (nSPS) is 18.6. The molecule has 4 nitrogen and oxygen atoms in total. The molecule has 0 saturated carbocycles. The molecule has 1 N–H and O–H groups in total. The molecular formula is C12H18F3N3OS. The van der Waals surface area contributed by atoms with Crippen LogP contribution in [0.2, 0.25) is 0 Å². The number of alkyl halides is 3. The molecule has 0 radical (unpaired) electrons. The second kappa shape index (κ2) is 5.50. The first kappa shape index (κ1) is 15.5. The van der Waals surface area contributed by atoms with Crippen LogP contribution in [0.1, 0.15) is 18.7 Å². The van der Waals surface area contributed by atoms with Crippen LogP contribution >= 0.6 is 11.3 Å². The summed E-state index contributed by atoms with van der Waals surface area (Å²) >= 11 is 0.683. The minimum absolute atomic E-state index is 0.417. The topological polar surface area (TPSA) is 39.6 Å². The lowest BCUT2D eigenvalue weighted by molar-refractivity contribution is -0.134. The molecular weight excluding hydrogens is 291 g/mol. The summed E-state index contributed by atoms with van der Waals surface area (Å²) in [7, 11) is 0. The van der Waals surface area contributed by atoms with Gasteiger partial charge >= 0.3 is 6.18 Å². The quantitative estimate of drug-likeness (QED) is 0.928. The number of halogens is 3. The number of β-amino-alcohol motifs (C(OH)–C–C–N with tert-alkyl or cyclic N) is 1. The van der Waals surface area contributed by atoms with E-state index in [1.165, 1.54) is 0 Å². The van der Waals surface area contributed by atoms with Crippen LogP contribution in [0.3, 0.4) is 0 Å². The highest BCUT2D eigenvalue weighted by atomic mass is 32.1. The Morgan fingerprint density at radius 1 is 1.25 bits per heavy atom. The van der Waals surface area contributed by atoms with E-state index >= 15 is 0 Å². The average molecular weight is 309 g/mol. The molecule has 0 aromatic carbocycles. The van der Waals surface area contributed by atoms with Gasteiger partial charge in [0.2, 0.25) is 0 Å². The Morgan fingerprint density at radius 3 is 2.30 bits per heavy atom. The van der Waals surface area contributed by atoms with Gasteiger partial charge in [0.15, 0.2) is 5.13 Å². The van der Waals surface area contributed by atoms with Gasteiger partial charge in [-0.25, -0.2) is 4.98 Å². The van der Waals surface area contributed by atoms with Crippen molar-refractivity contribution in [2.24, 2.45) is 0 Å². The molecule has 1 aromatic rings. The summed E-state index contributed by atoms with van der Waals surface area (Å²) in [6.07, 6.45) is -3.43. The Kier molecular flexibility index (Phi) is 4.27. The number of piperazine rings is 1. The summed E-state index contributed by atoms with van der Waals surface area (Å²) in [4.78, 5) is 7.17. The van der Waals surface area contributed by atoms with Crippen molar-refractivity contribution in [2.75, 3.05) is 37.6 Å². The summed E-state index contributed by atoms with van der Waals surface area (Å²) < 4.78 is 37.6. The van der Waals surface area contributed by atoms with Crippen molar-refractivity contribution in [2.45, 2.75) is 25.6 Å². The number of hydrogen-bond acceptors (Lipinski definition) is 5. The molecule has 1 aromatic heterocycles. The van der Waals surface area contributed by atoms with Crippen LogP contribution < -0.4 is 4.90 Å². The molecule has 8 heteroatoms. The van der Waals surface area contributed by atoms with Crippen LogP contribution in [-0.2, 0) is 6.18 Å². The van der Waals surface area contributed by atoms with E-state index in [1.54, 1.807) is 13.8 Å². The highest BCUT2D eigenvalue weighted by molar-refractivity contribution is 7.15. The average Bonchev–Trinajstić information content (AvgIpc) is 2.76. The Hall–Kier alpha value is -0.860. The predicted octanol–water partition coefficient (Wildman–Crippen LogP) is 2.05. The number of thiazole rings is 1. The zero-order chi connectivity index (χ0) is 15.0. The lowest BCUT2D eigenvalue weighted by atomic mass is 10.1. The molecule has 1 fully saturated rings. The first-order chi connectivity index (χ1) is 9.15. The fourth-order valence-electron chi connectivity index (χ4n) is 2.19. The summed E-state index contributed by atoms with van der Waals surface area (Å²) in [6, 6.07) is 0. The van der Waals surface area contributed by atoms with Crippen LogP contribution in [0.25, 0.3) is 0 Å². The van der Waals surface area contributed by atoms with Crippen molar-refractivity contribution in [3.05, 3.63) is 11.1 Å². The largest absolute Gasteiger partial charge is 0.427 e. The standard InChI is InChI=1S/C12H18F3N3OS/c1-11(2,19)8-17-3-5-18(6-4-17)10-16-7-9(20-10)12(13,14)15/h7,19H,3-6,8H2,1-2H3. The predicted molar refractivity (Wildman–Crippen MR) is 72.1 cm³/mol. The van der Waals surface area contributed by atoms with E-state index in [4.69, 9.17) is 0 Å². The van der Waals surface area contributed by atoms with Crippen molar-refractivity contribution in [1.29, 1.82) is 0 Å². The maximum Gasteiger partial charge on any atom is 0.427 e. The number of nitrogens with zero attached hydrogens (tertiary/aromatic N) is 3. The maximum atomic E-state index is 12.5. The van der Waals surface area contributed by atoms with Gasteiger partial charge in [-0.3, -0.25) is 4.90 Å². The SMILES string of the molecule is CC(C)(O)CN1CCN(c2ncc(C(F)(F)F)s2)CC1. The Labute approximate surface area is 119 Å². The lowest BCUT2D eigenvalue weighted by Crippen LogP contribution is -2.50. The van der Waals surface area contributed by atoms with Crippen LogP contribution in [-0.4, -0.2) is 53.3 Å². The van der Waals surface area contributed by atoms with Gasteiger partial charge in [-0.05, 0) is 13.8 Å². The monoisotopic (exact) mass is 309 g/mol. The van der Waals surface area contributed by atoms with E-state index in [1.807, 2.05) is 4.90 Å². The smallest absolute Gasteiger partial charge is 0.389 e. The van der Waals surface area contributed by atoms with Gasteiger partial charge in [0, 0.05) is 32.7 Å². The van der Waals surface area contributed by atoms with Gasteiger partial charge in [0.05, 0.1) is 11.8 Å².